The largest absolute Gasteiger partial charge is 0.353 e. The number of aromatic nitrogens is 2. The molecule has 5 nitrogen and oxygen atoms in total. The van der Waals surface area contributed by atoms with Crippen LogP contribution in [0, 0.1) is 6.92 Å². The third-order valence-electron chi connectivity index (χ3n) is 4.56. The minimum Gasteiger partial charge on any atom is -0.353 e. The third kappa shape index (κ3) is 3.72. The molecule has 5 heteroatoms. The first-order valence-electron chi connectivity index (χ1n) is 8.56. The summed E-state index contributed by atoms with van der Waals surface area (Å²) in [4.78, 5) is 16.9. The van der Waals surface area contributed by atoms with Gasteiger partial charge in [0.25, 0.3) is 0 Å². The second-order valence-corrected chi connectivity index (χ2v) is 6.30. The van der Waals surface area contributed by atoms with Gasteiger partial charge in [-0.15, -0.1) is 5.10 Å². The third-order valence-corrected chi connectivity index (χ3v) is 4.56. The molecule has 2 aromatic rings. The monoisotopic (exact) mass is 324 g/mol. The molecule has 1 aromatic carbocycles. The van der Waals surface area contributed by atoms with Crippen LogP contribution in [0.2, 0.25) is 0 Å². The van der Waals surface area contributed by atoms with Gasteiger partial charge in [0.1, 0.15) is 0 Å². The minimum atomic E-state index is 0.184. The van der Waals surface area contributed by atoms with E-state index in [2.05, 4.69) is 34.2 Å². The fourth-order valence-corrected chi connectivity index (χ4v) is 3.14. The average molecular weight is 324 g/mol. The van der Waals surface area contributed by atoms with Gasteiger partial charge >= 0.3 is 0 Å². The van der Waals surface area contributed by atoms with Gasteiger partial charge < -0.3 is 9.80 Å². The van der Waals surface area contributed by atoms with Crippen molar-refractivity contribution in [1.29, 1.82) is 0 Å². The lowest BCUT2D eigenvalue weighted by Gasteiger charge is -2.31. The Balaban J connectivity index is 1.79. The van der Waals surface area contributed by atoms with Gasteiger partial charge in [-0.3, -0.25) is 4.79 Å². The number of aryl methyl sites for hydroxylation is 1. The molecule has 1 atom stereocenters. The highest BCUT2D eigenvalue weighted by molar-refractivity contribution is 5.78. The number of hydrogen-bond acceptors (Lipinski definition) is 4. The van der Waals surface area contributed by atoms with E-state index < -0.39 is 0 Å². The Morgan fingerprint density at radius 1 is 1.12 bits per heavy atom. The molecule has 0 bridgehead atoms. The summed E-state index contributed by atoms with van der Waals surface area (Å²) < 4.78 is 0. The zero-order chi connectivity index (χ0) is 16.9. The number of carbonyl (C=O) groups is 1. The van der Waals surface area contributed by atoms with E-state index in [-0.39, 0.29) is 11.9 Å². The summed E-state index contributed by atoms with van der Waals surface area (Å²) in [5.41, 5.74) is 2.08. The number of anilines is 1. The highest BCUT2D eigenvalue weighted by Crippen LogP contribution is 2.21. The van der Waals surface area contributed by atoms with Gasteiger partial charge in [0.05, 0.1) is 5.69 Å². The summed E-state index contributed by atoms with van der Waals surface area (Å²) in [5, 5.41) is 8.44. The molecule has 1 aliphatic heterocycles. The molecule has 0 N–H and O–H groups in total. The number of carbonyl (C=O) groups excluding carboxylic acids is 1. The molecule has 3 rings (SSSR count). The molecule has 1 fully saturated rings. The van der Waals surface area contributed by atoms with E-state index in [1.165, 1.54) is 5.56 Å². The van der Waals surface area contributed by atoms with Crippen molar-refractivity contribution in [1.82, 2.24) is 15.1 Å². The van der Waals surface area contributed by atoms with Crippen molar-refractivity contribution < 1.29 is 4.79 Å². The number of benzene rings is 1. The highest BCUT2D eigenvalue weighted by Gasteiger charge is 2.29. The molecule has 1 aromatic heterocycles. The van der Waals surface area contributed by atoms with Gasteiger partial charge in [0.15, 0.2) is 5.82 Å². The van der Waals surface area contributed by atoms with Crippen molar-refractivity contribution in [3.63, 3.8) is 0 Å². The van der Waals surface area contributed by atoms with Crippen LogP contribution in [0.25, 0.3) is 0 Å². The molecule has 24 heavy (non-hydrogen) atoms. The summed E-state index contributed by atoms with van der Waals surface area (Å²) in [7, 11) is 0. The molecular formula is C19H24N4O. The lowest BCUT2D eigenvalue weighted by Crippen LogP contribution is -2.42. The molecule has 1 aliphatic rings. The van der Waals surface area contributed by atoms with E-state index in [9.17, 15) is 4.79 Å². The first-order valence-corrected chi connectivity index (χ1v) is 8.56. The molecular weight excluding hydrogens is 300 g/mol. The van der Waals surface area contributed by atoms with Gasteiger partial charge in [-0.05, 0) is 31.0 Å². The number of nitrogens with zero attached hydrogens (tertiary/aromatic N) is 4. The topological polar surface area (TPSA) is 49.3 Å². The summed E-state index contributed by atoms with van der Waals surface area (Å²) in [6.07, 6.45) is 1.44. The molecule has 1 unspecified atom stereocenters. The summed E-state index contributed by atoms with van der Waals surface area (Å²) in [6, 6.07) is 14.3. The predicted octanol–water partition coefficient (Wildman–Crippen LogP) is 2.80. The van der Waals surface area contributed by atoms with Gasteiger partial charge in [0, 0.05) is 32.1 Å². The van der Waals surface area contributed by atoms with E-state index in [4.69, 9.17) is 0 Å². The standard InChI is InChI=1S/C19H24N4O/c1-3-17-14-22(18-10-9-15(2)20-21-18)12-11-19(24)23(17)13-16-7-5-4-6-8-16/h4-10,17H,3,11-14H2,1-2H3. The Morgan fingerprint density at radius 2 is 1.92 bits per heavy atom. The maximum absolute atomic E-state index is 12.7. The summed E-state index contributed by atoms with van der Waals surface area (Å²) in [6.45, 7) is 6.23. The van der Waals surface area contributed by atoms with Gasteiger partial charge in [-0.1, -0.05) is 37.3 Å². The fraction of sp³-hybridized carbons (Fsp3) is 0.421. The van der Waals surface area contributed by atoms with Crippen LogP contribution in [0.4, 0.5) is 5.82 Å². The zero-order valence-corrected chi connectivity index (χ0v) is 14.4. The Hall–Kier alpha value is -2.43. The first kappa shape index (κ1) is 16.4. The SMILES string of the molecule is CCC1CN(c2ccc(C)nn2)CCC(=O)N1Cc1ccccc1. The van der Waals surface area contributed by atoms with Crippen LogP contribution in [-0.4, -0.2) is 40.1 Å². The van der Waals surface area contributed by atoms with E-state index >= 15 is 0 Å². The molecule has 0 aliphatic carbocycles. The average Bonchev–Trinajstić information content (AvgIpc) is 2.76. The second kappa shape index (κ2) is 7.43. The number of hydrogen-bond donors (Lipinski definition) is 0. The molecule has 1 amide bonds. The summed E-state index contributed by atoms with van der Waals surface area (Å²) in [5.74, 6) is 1.07. The van der Waals surface area contributed by atoms with Gasteiger partial charge in [0.2, 0.25) is 5.91 Å². The van der Waals surface area contributed by atoms with Crippen molar-refractivity contribution >= 4 is 11.7 Å². The normalized spacial score (nSPS) is 18.6. The fourth-order valence-electron chi connectivity index (χ4n) is 3.14. The molecule has 2 heterocycles. The Morgan fingerprint density at radius 3 is 2.58 bits per heavy atom. The highest BCUT2D eigenvalue weighted by atomic mass is 16.2. The minimum absolute atomic E-state index is 0.184. The van der Waals surface area contributed by atoms with Crippen LogP contribution in [0.15, 0.2) is 42.5 Å². The lowest BCUT2D eigenvalue weighted by molar-refractivity contribution is -0.133. The van der Waals surface area contributed by atoms with Crippen molar-refractivity contribution in [3.05, 3.63) is 53.7 Å². The predicted molar refractivity (Wildman–Crippen MR) is 94.7 cm³/mol. The smallest absolute Gasteiger partial charge is 0.224 e. The van der Waals surface area contributed by atoms with Crippen molar-refractivity contribution in [2.24, 2.45) is 0 Å². The summed E-state index contributed by atoms with van der Waals surface area (Å²) >= 11 is 0. The van der Waals surface area contributed by atoms with Gasteiger partial charge in [-0.2, -0.15) is 5.10 Å². The van der Waals surface area contributed by atoms with Crippen LogP contribution < -0.4 is 4.90 Å². The maximum atomic E-state index is 12.7. The van der Waals surface area contributed by atoms with E-state index in [1.54, 1.807) is 0 Å². The number of rotatable bonds is 4. The van der Waals surface area contributed by atoms with Crippen LogP contribution in [0.3, 0.4) is 0 Å². The van der Waals surface area contributed by atoms with Crippen molar-refractivity contribution in [3.8, 4) is 0 Å². The van der Waals surface area contributed by atoms with Gasteiger partial charge in [-0.25, -0.2) is 0 Å². The van der Waals surface area contributed by atoms with E-state index in [0.717, 1.165) is 24.5 Å². The van der Waals surface area contributed by atoms with Crippen LogP contribution in [-0.2, 0) is 11.3 Å². The maximum Gasteiger partial charge on any atom is 0.224 e. The molecule has 1 saturated heterocycles. The van der Waals surface area contributed by atoms with E-state index in [1.807, 2.05) is 42.2 Å². The molecule has 0 radical (unpaired) electrons. The Bertz CT molecular complexity index is 672. The Labute approximate surface area is 143 Å². The number of amides is 1. The van der Waals surface area contributed by atoms with Crippen LogP contribution >= 0.6 is 0 Å². The Kier molecular flexibility index (Phi) is 5.08. The second-order valence-electron chi connectivity index (χ2n) is 6.30. The van der Waals surface area contributed by atoms with Crippen LogP contribution in [0.1, 0.15) is 31.0 Å². The van der Waals surface area contributed by atoms with Crippen LogP contribution in [0.5, 0.6) is 0 Å². The quantitative estimate of drug-likeness (QED) is 0.868. The van der Waals surface area contributed by atoms with Crippen molar-refractivity contribution in [2.75, 3.05) is 18.0 Å². The molecule has 0 saturated carbocycles. The van der Waals surface area contributed by atoms with E-state index in [0.29, 0.717) is 19.5 Å². The first-order chi connectivity index (χ1) is 11.7. The lowest BCUT2D eigenvalue weighted by atomic mass is 10.1. The van der Waals surface area contributed by atoms with Crippen molar-refractivity contribution in [2.45, 2.75) is 39.3 Å². The zero-order valence-electron chi connectivity index (χ0n) is 14.4. The molecule has 0 spiro atoms. The molecule has 126 valence electrons.